The fourth-order valence-corrected chi connectivity index (χ4v) is 1.02. The number of nitrogens with one attached hydrogen (secondary N) is 1. The van der Waals surface area contributed by atoms with Crippen LogP contribution in [0.15, 0.2) is 16.6 Å². The second kappa shape index (κ2) is 3.77. The highest BCUT2D eigenvalue weighted by Crippen LogP contribution is 2.13. The molecule has 1 rings (SSSR count). The van der Waals surface area contributed by atoms with Gasteiger partial charge in [0.1, 0.15) is 0 Å². The van der Waals surface area contributed by atoms with Gasteiger partial charge in [-0.25, -0.2) is 9.89 Å². The molecule has 12 heavy (non-hydrogen) atoms. The molecule has 64 valence electrons. The molecule has 0 unspecified atom stereocenters. The van der Waals surface area contributed by atoms with Crippen LogP contribution in [0.1, 0.15) is 0 Å². The predicted molar refractivity (Wildman–Crippen MR) is 43.4 cm³/mol. The predicted octanol–water partition coefficient (Wildman–Crippen LogP) is 0.0773. The number of hydrogen-bond donors (Lipinski definition) is 3. The highest BCUT2D eigenvalue weighted by atomic mass is 32.2. The summed E-state index contributed by atoms with van der Waals surface area (Å²) < 4.78 is 0. The number of carbonyl (C=O) groups is 1. The molecular weight excluding hydrogens is 180 g/mol. The zero-order valence-corrected chi connectivity index (χ0v) is 6.71. The summed E-state index contributed by atoms with van der Waals surface area (Å²) in [6.07, 6.45) is 0.997. The molecule has 0 aliphatic rings. The number of aromatic amines is 1. The maximum absolute atomic E-state index is 10.0. The van der Waals surface area contributed by atoms with E-state index in [0.29, 0.717) is 5.16 Å². The van der Waals surface area contributed by atoms with Crippen molar-refractivity contribution in [1.82, 2.24) is 15.2 Å². The standard InChI is InChI=1S/C5H6N4O2S/c6-4-7-5(9-8-4)12-2-1-3(10)11/h1-2H,(H,10,11)(H3,6,7,8,9)/b2-1+. The lowest BCUT2D eigenvalue weighted by Crippen LogP contribution is -1.85. The Kier molecular flexibility index (Phi) is 2.70. The van der Waals surface area contributed by atoms with E-state index in [-0.39, 0.29) is 5.95 Å². The Morgan fingerprint density at radius 1 is 1.75 bits per heavy atom. The zero-order chi connectivity index (χ0) is 8.97. The quantitative estimate of drug-likeness (QED) is 0.456. The molecule has 7 heteroatoms. The summed E-state index contributed by atoms with van der Waals surface area (Å²) in [6.45, 7) is 0. The number of aromatic nitrogens is 3. The number of anilines is 1. The third kappa shape index (κ3) is 2.62. The first kappa shape index (κ1) is 8.60. The second-order valence-corrected chi connectivity index (χ2v) is 2.64. The number of rotatable bonds is 3. The molecule has 1 aromatic heterocycles. The molecule has 0 saturated carbocycles. The molecule has 0 aliphatic heterocycles. The van der Waals surface area contributed by atoms with Gasteiger partial charge in [0.25, 0.3) is 0 Å². The van der Waals surface area contributed by atoms with E-state index in [1.165, 1.54) is 5.41 Å². The summed E-state index contributed by atoms with van der Waals surface area (Å²) in [7, 11) is 0. The summed E-state index contributed by atoms with van der Waals surface area (Å²) >= 11 is 1.07. The fourth-order valence-electron chi connectivity index (χ4n) is 0.464. The van der Waals surface area contributed by atoms with Crippen molar-refractivity contribution in [3.63, 3.8) is 0 Å². The van der Waals surface area contributed by atoms with Crippen molar-refractivity contribution in [1.29, 1.82) is 0 Å². The lowest BCUT2D eigenvalue weighted by atomic mass is 10.7. The first-order valence-corrected chi connectivity index (χ1v) is 3.80. The summed E-state index contributed by atoms with van der Waals surface area (Å²) in [5.74, 6) is -0.799. The molecule has 0 saturated heterocycles. The Hall–Kier alpha value is -1.50. The van der Waals surface area contributed by atoms with Gasteiger partial charge in [0.05, 0.1) is 0 Å². The second-order valence-electron chi connectivity index (χ2n) is 1.76. The average molecular weight is 186 g/mol. The minimum Gasteiger partial charge on any atom is -0.478 e. The minimum absolute atomic E-state index is 0.209. The molecule has 0 bridgehead atoms. The van der Waals surface area contributed by atoms with Crippen molar-refractivity contribution >= 4 is 23.7 Å². The Labute approximate surface area is 71.9 Å². The number of carboxylic acids is 1. The highest BCUT2D eigenvalue weighted by Gasteiger charge is 1.97. The van der Waals surface area contributed by atoms with Crippen LogP contribution >= 0.6 is 11.8 Å². The van der Waals surface area contributed by atoms with E-state index in [0.717, 1.165) is 17.8 Å². The van der Waals surface area contributed by atoms with Crippen LogP contribution in [0.2, 0.25) is 0 Å². The highest BCUT2D eigenvalue weighted by molar-refractivity contribution is 8.02. The van der Waals surface area contributed by atoms with Crippen LogP contribution in [0.4, 0.5) is 5.95 Å². The first-order chi connectivity index (χ1) is 5.68. The van der Waals surface area contributed by atoms with Crippen LogP contribution in [0, 0.1) is 0 Å². The van der Waals surface area contributed by atoms with Gasteiger partial charge in [-0.05, 0) is 5.41 Å². The largest absolute Gasteiger partial charge is 0.478 e. The molecular formula is C5H6N4O2S. The summed E-state index contributed by atoms with van der Waals surface area (Å²) in [4.78, 5) is 13.8. The Morgan fingerprint density at radius 3 is 3.00 bits per heavy atom. The van der Waals surface area contributed by atoms with Gasteiger partial charge in [-0.2, -0.15) is 4.98 Å². The molecule has 6 nitrogen and oxygen atoms in total. The molecule has 0 fully saturated rings. The Balaban J connectivity index is 2.48. The normalized spacial score (nSPS) is 10.7. The Bertz CT molecular complexity index is 308. The molecule has 1 aromatic rings. The van der Waals surface area contributed by atoms with E-state index in [2.05, 4.69) is 15.2 Å². The van der Waals surface area contributed by atoms with Crippen LogP contribution in [-0.2, 0) is 4.79 Å². The SMILES string of the molecule is Nc1nc(S/C=C/C(=O)O)n[nH]1. The van der Waals surface area contributed by atoms with Crippen molar-refractivity contribution in [2.24, 2.45) is 0 Å². The number of nitrogen functional groups attached to an aromatic ring is 1. The molecule has 0 radical (unpaired) electrons. The number of carboxylic acid groups (broad SMARTS) is 1. The van der Waals surface area contributed by atoms with Gasteiger partial charge in [0.15, 0.2) is 0 Å². The van der Waals surface area contributed by atoms with Crippen molar-refractivity contribution in [3.05, 3.63) is 11.5 Å². The minimum atomic E-state index is -1.01. The Morgan fingerprint density at radius 2 is 2.50 bits per heavy atom. The van der Waals surface area contributed by atoms with Gasteiger partial charge in [-0.3, -0.25) is 0 Å². The third-order valence-corrected chi connectivity index (χ3v) is 1.53. The smallest absolute Gasteiger partial charge is 0.328 e. The number of thioether (sulfide) groups is 1. The number of H-pyrrole nitrogens is 1. The van der Waals surface area contributed by atoms with E-state index >= 15 is 0 Å². The molecule has 4 N–H and O–H groups in total. The summed E-state index contributed by atoms with van der Waals surface area (Å²) in [6, 6.07) is 0. The molecule has 0 spiro atoms. The van der Waals surface area contributed by atoms with Crippen LogP contribution in [0.25, 0.3) is 0 Å². The molecule has 0 aliphatic carbocycles. The van der Waals surface area contributed by atoms with Gasteiger partial charge in [-0.15, -0.1) is 5.10 Å². The van der Waals surface area contributed by atoms with Crippen LogP contribution in [-0.4, -0.2) is 26.3 Å². The zero-order valence-electron chi connectivity index (χ0n) is 5.89. The van der Waals surface area contributed by atoms with Gasteiger partial charge < -0.3 is 10.8 Å². The van der Waals surface area contributed by atoms with Gasteiger partial charge in [-0.1, -0.05) is 11.8 Å². The van der Waals surface area contributed by atoms with Crippen molar-refractivity contribution < 1.29 is 9.90 Å². The van der Waals surface area contributed by atoms with Crippen LogP contribution in [0.5, 0.6) is 0 Å². The number of hydrogen-bond acceptors (Lipinski definition) is 5. The van der Waals surface area contributed by atoms with Gasteiger partial charge >= 0.3 is 5.97 Å². The fraction of sp³-hybridized carbons (Fsp3) is 0. The van der Waals surface area contributed by atoms with E-state index in [1.807, 2.05) is 0 Å². The van der Waals surface area contributed by atoms with Crippen LogP contribution < -0.4 is 5.73 Å². The maximum Gasteiger partial charge on any atom is 0.328 e. The van der Waals surface area contributed by atoms with Crippen molar-refractivity contribution in [2.75, 3.05) is 5.73 Å². The maximum atomic E-state index is 10.0. The third-order valence-electron chi connectivity index (χ3n) is 0.866. The first-order valence-electron chi connectivity index (χ1n) is 2.92. The number of aliphatic carboxylic acids is 1. The van der Waals surface area contributed by atoms with E-state index in [4.69, 9.17) is 10.8 Å². The average Bonchev–Trinajstić information content (AvgIpc) is 2.35. The molecule has 0 atom stereocenters. The lowest BCUT2D eigenvalue weighted by Gasteiger charge is -1.81. The molecule has 0 aromatic carbocycles. The van der Waals surface area contributed by atoms with E-state index in [1.54, 1.807) is 0 Å². The number of nitrogens with zero attached hydrogens (tertiary/aromatic N) is 2. The van der Waals surface area contributed by atoms with Gasteiger partial charge in [0, 0.05) is 6.08 Å². The van der Waals surface area contributed by atoms with E-state index in [9.17, 15) is 4.79 Å². The van der Waals surface area contributed by atoms with E-state index < -0.39 is 5.97 Å². The monoisotopic (exact) mass is 186 g/mol. The number of nitrogens with two attached hydrogens (primary N) is 1. The van der Waals surface area contributed by atoms with Crippen LogP contribution in [0.3, 0.4) is 0 Å². The van der Waals surface area contributed by atoms with Gasteiger partial charge in [0.2, 0.25) is 11.1 Å². The molecule has 1 heterocycles. The van der Waals surface area contributed by atoms with Crippen molar-refractivity contribution in [3.8, 4) is 0 Å². The lowest BCUT2D eigenvalue weighted by molar-refractivity contribution is -0.131. The summed E-state index contributed by atoms with van der Waals surface area (Å²) in [5.41, 5.74) is 5.23. The summed E-state index contributed by atoms with van der Waals surface area (Å²) in [5, 5.41) is 16.1. The topological polar surface area (TPSA) is 105 Å². The van der Waals surface area contributed by atoms with Crippen molar-refractivity contribution in [2.45, 2.75) is 5.16 Å². The molecule has 0 amide bonds.